The van der Waals surface area contributed by atoms with E-state index in [4.69, 9.17) is 9.47 Å². The summed E-state index contributed by atoms with van der Waals surface area (Å²) in [6.07, 6.45) is 5.82. The lowest BCUT2D eigenvalue weighted by molar-refractivity contribution is -0.144. The van der Waals surface area contributed by atoms with Crippen molar-refractivity contribution in [2.75, 3.05) is 13.7 Å². The quantitative estimate of drug-likeness (QED) is 0.622. The molecule has 0 spiro atoms. The van der Waals surface area contributed by atoms with Crippen molar-refractivity contribution >= 4 is 18.0 Å². The fraction of sp³-hybridized carbons (Fsp3) is 0.500. The molecule has 0 unspecified atom stereocenters. The first-order valence-corrected chi connectivity index (χ1v) is 8.88. The summed E-state index contributed by atoms with van der Waals surface area (Å²) in [7, 11) is 1.38. The molecule has 26 heavy (non-hydrogen) atoms. The van der Waals surface area contributed by atoms with Gasteiger partial charge in [0.1, 0.15) is 0 Å². The molecule has 0 aliphatic heterocycles. The van der Waals surface area contributed by atoms with Crippen LogP contribution in [0.15, 0.2) is 24.3 Å². The Hall–Kier alpha value is -2.37. The molecule has 1 aromatic carbocycles. The summed E-state index contributed by atoms with van der Waals surface area (Å²) in [5, 5.41) is 2.94. The van der Waals surface area contributed by atoms with E-state index in [0.717, 1.165) is 12.8 Å². The molecule has 1 aliphatic carbocycles. The average Bonchev–Trinajstić information content (AvgIpc) is 2.62. The second kappa shape index (κ2) is 9.36. The number of halogens is 1. The summed E-state index contributed by atoms with van der Waals surface area (Å²) in [6, 6.07) is 4.47. The van der Waals surface area contributed by atoms with Crippen LogP contribution < -0.4 is 10.1 Å². The van der Waals surface area contributed by atoms with Crippen LogP contribution in [0.2, 0.25) is 0 Å². The number of benzene rings is 1. The van der Waals surface area contributed by atoms with E-state index in [1.807, 2.05) is 0 Å². The second-order valence-corrected chi connectivity index (χ2v) is 6.78. The Kier molecular flexibility index (Phi) is 7.18. The van der Waals surface area contributed by atoms with Gasteiger partial charge >= 0.3 is 5.97 Å². The van der Waals surface area contributed by atoms with Gasteiger partial charge in [-0.15, -0.1) is 0 Å². The maximum absolute atomic E-state index is 13.6. The minimum atomic E-state index is -0.651. The Labute approximate surface area is 153 Å². The summed E-state index contributed by atoms with van der Waals surface area (Å²) in [5.41, 5.74) is 0.495. The number of ether oxygens (including phenoxy) is 2. The van der Waals surface area contributed by atoms with Gasteiger partial charge in [0.15, 0.2) is 18.2 Å². The van der Waals surface area contributed by atoms with Gasteiger partial charge in [0.25, 0.3) is 5.91 Å². The molecule has 3 atom stereocenters. The number of amides is 1. The van der Waals surface area contributed by atoms with E-state index in [2.05, 4.69) is 19.2 Å². The molecule has 1 aromatic rings. The molecule has 1 N–H and O–H groups in total. The van der Waals surface area contributed by atoms with Crippen molar-refractivity contribution in [1.29, 1.82) is 0 Å². The van der Waals surface area contributed by atoms with Gasteiger partial charge in [0.2, 0.25) is 0 Å². The topological polar surface area (TPSA) is 64.6 Å². The van der Waals surface area contributed by atoms with E-state index >= 15 is 0 Å². The van der Waals surface area contributed by atoms with Crippen molar-refractivity contribution < 1.29 is 23.5 Å². The molecule has 1 fully saturated rings. The standard InChI is InChI=1S/C20H26FNO4/c1-13-5-4-6-17(14(13)2)22-19(23)12-26-20(24)10-8-15-7-9-18(25-3)16(21)11-15/h7-11,13-14,17H,4-6,12H2,1-3H3,(H,22,23)/b10-8+/t13-,14+,17-/m0/s1. The predicted molar refractivity (Wildman–Crippen MR) is 97.1 cm³/mol. The first kappa shape index (κ1) is 19.9. The number of nitrogens with one attached hydrogen (secondary N) is 1. The molecule has 0 aromatic heterocycles. The van der Waals surface area contributed by atoms with Crippen LogP contribution >= 0.6 is 0 Å². The highest BCUT2D eigenvalue weighted by Crippen LogP contribution is 2.29. The highest BCUT2D eigenvalue weighted by atomic mass is 19.1. The number of carbonyl (C=O) groups is 2. The molecule has 1 aliphatic rings. The van der Waals surface area contributed by atoms with E-state index in [1.54, 1.807) is 6.07 Å². The Morgan fingerprint density at radius 3 is 2.77 bits per heavy atom. The zero-order chi connectivity index (χ0) is 19.1. The van der Waals surface area contributed by atoms with E-state index in [9.17, 15) is 14.0 Å². The third-order valence-corrected chi connectivity index (χ3v) is 4.99. The summed E-state index contributed by atoms with van der Waals surface area (Å²) >= 11 is 0. The van der Waals surface area contributed by atoms with Gasteiger partial charge in [-0.3, -0.25) is 4.79 Å². The Morgan fingerprint density at radius 1 is 1.31 bits per heavy atom. The first-order chi connectivity index (χ1) is 12.4. The Bertz CT molecular complexity index is 674. The van der Waals surface area contributed by atoms with E-state index < -0.39 is 11.8 Å². The number of esters is 1. The molecule has 5 nitrogen and oxygen atoms in total. The average molecular weight is 363 g/mol. The molecule has 0 bridgehead atoms. The van der Waals surface area contributed by atoms with Gasteiger partial charge in [-0.25, -0.2) is 9.18 Å². The molecular formula is C20H26FNO4. The van der Waals surface area contributed by atoms with Crippen LogP contribution in [0.25, 0.3) is 6.08 Å². The summed E-state index contributed by atoms with van der Waals surface area (Å²) in [5.74, 6) is -0.349. The van der Waals surface area contributed by atoms with Crippen LogP contribution in [0.3, 0.4) is 0 Å². The summed E-state index contributed by atoms with van der Waals surface area (Å²) < 4.78 is 23.4. The molecule has 142 valence electrons. The molecule has 0 radical (unpaired) electrons. The lowest BCUT2D eigenvalue weighted by Gasteiger charge is -2.34. The molecule has 6 heteroatoms. The normalized spacial score (nSPS) is 22.8. The monoisotopic (exact) mass is 363 g/mol. The largest absolute Gasteiger partial charge is 0.494 e. The lowest BCUT2D eigenvalue weighted by Crippen LogP contribution is -2.45. The predicted octanol–water partition coefficient (Wildman–Crippen LogP) is 3.33. The number of rotatable bonds is 6. The van der Waals surface area contributed by atoms with Crippen LogP contribution in [-0.2, 0) is 14.3 Å². The first-order valence-electron chi connectivity index (χ1n) is 8.88. The SMILES string of the molecule is COc1ccc(/C=C/C(=O)OCC(=O)N[C@H]2CCC[C@H](C)[C@H]2C)cc1F. The van der Waals surface area contributed by atoms with Crippen molar-refractivity contribution in [3.8, 4) is 5.75 Å². The molecule has 1 saturated carbocycles. The third-order valence-electron chi connectivity index (χ3n) is 4.99. The smallest absolute Gasteiger partial charge is 0.331 e. The molecule has 1 amide bonds. The fourth-order valence-electron chi connectivity index (χ4n) is 3.17. The van der Waals surface area contributed by atoms with Gasteiger partial charge in [-0.05, 0) is 42.0 Å². The highest BCUT2D eigenvalue weighted by molar-refractivity contribution is 5.89. The van der Waals surface area contributed by atoms with Crippen LogP contribution in [-0.4, -0.2) is 31.6 Å². The van der Waals surface area contributed by atoms with Crippen LogP contribution in [0.4, 0.5) is 4.39 Å². The molecular weight excluding hydrogens is 337 g/mol. The number of hydrogen-bond donors (Lipinski definition) is 1. The summed E-state index contributed by atoms with van der Waals surface area (Å²) in [4.78, 5) is 23.7. The van der Waals surface area contributed by atoms with Gasteiger partial charge in [0.05, 0.1) is 7.11 Å². The number of methoxy groups -OCH3 is 1. The molecule has 2 rings (SSSR count). The van der Waals surface area contributed by atoms with Crippen LogP contribution in [0.5, 0.6) is 5.75 Å². The van der Waals surface area contributed by atoms with Crippen LogP contribution in [0, 0.1) is 17.7 Å². The van der Waals surface area contributed by atoms with Crippen molar-refractivity contribution in [3.05, 3.63) is 35.7 Å². The minimum absolute atomic E-state index is 0.128. The molecule has 0 saturated heterocycles. The van der Waals surface area contributed by atoms with Crippen molar-refractivity contribution in [1.82, 2.24) is 5.32 Å². The van der Waals surface area contributed by atoms with Gasteiger partial charge in [-0.1, -0.05) is 32.8 Å². The summed E-state index contributed by atoms with van der Waals surface area (Å²) in [6.45, 7) is 4.01. The lowest BCUT2D eigenvalue weighted by atomic mass is 9.78. The maximum Gasteiger partial charge on any atom is 0.331 e. The second-order valence-electron chi connectivity index (χ2n) is 6.78. The molecule has 0 heterocycles. The van der Waals surface area contributed by atoms with Crippen molar-refractivity contribution in [3.63, 3.8) is 0 Å². The van der Waals surface area contributed by atoms with E-state index in [1.165, 1.54) is 37.8 Å². The van der Waals surface area contributed by atoms with Gasteiger partial charge < -0.3 is 14.8 Å². The van der Waals surface area contributed by atoms with E-state index in [-0.39, 0.29) is 24.3 Å². The Balaban J connectivity index is 1.79. The van der Waals surface area contributed by atoms with Crippen molar-refractivity contribution in [2.45, 2.75) is 39.2 Å². The number of carbonyl (C=O) groups excluding carboxylic acids is 2. The van der Waals surface area contributed by atoms with Crippen molar-refractivity contribution in [2.24, 2.45) is 11.8 Å². The highest BCUT2D eigenvalue weighted by Gasteiger charge is 2.28. The third kappa shape index (κ3) is 5.58. The fourth-order valence-corrected chi connectivity index (χ4v) is 3.17. The Morgan fingerprint density at radius 2 is 2.08 bits per heavy atom. The maximum atomic E-state index is 13.6. The zero-order valence-electron chi connectivity index (χ0n) is 15.5. The van der Waals surface area contributed by atoms with Crippen LogP contribution in [0.1, 0.15) is 38.7 Å². The van der Waals surface area contributed by atoms with Gasteiger partial charge in [0, 0.05) is 12.1 Å². The minimum Gasteiger partial charge on any atom is -0.494 e. The van der Waals surface area contributed by atoms with E-state index in [0.29, 0.717) is 17.4 Å². The number of hydrogen-bond acceptors (Lipinski definition) is 4. The zero-order valence-corrected chi connectivity index (χ0v) is 15.5. The van der Waals surface area contributed by atoms with Gasteiger partial charge in [-0.2, -0.15) is 0 Å².